The maximum Gasteiger partial charge on any atom is 0.248 e. The number of halogens is 1. The summed E-state index contributed by atoms with van der Waals surface area (Å²) in [7, 11) is 0. The first-order valence-corrected chi connectivity index (χ1v) is 7.10. The number of anilines is 2. The SMILES string of the molecule is CC(C)c1ccc(NC(=O)/C=C/c2ccc(F)c(N)c2)cc1. The Morgan fingerprint density at radius 3 is 2.45 bits per heavy atom. The zero-order valence-corrected chi connectivity index (χ0v) is 12.6. The van der Waals surface area contributed by atoms with Gasteiger partial charge in [-0.25, -0.2) is 4.39 Å². The zero-order chi connectivity index (χ0) is 16.1. The first kappa shape index (κ1) is 15.8. The number of hydrogen-bond acceptors (Lipinski definition) is 2. The Bertz CT molecular complexity index is 691. The molecule has 2 aromatic rings. The van der Waals surface area contributed by atoms with Crippen molar-refractivity contribution >= 4 is 23.4 Å². The number of carbonyl (C=O) groups is 1. The first-order valence-electron chi connectivity index (χ1n) is 7.10. The highest BCUT2D eigenvalue weighted by Crippen LogP contribution is 2.17. The van der Waals surface area contributed by atoms with E-state index in [0.29, 0.717) is 11.5 Å². The molecule has 0 atom stereocenters. The van der Waals surface area contributed by atoms with Crippen molar-refractivity contribution in [3.8, 4) is 0 Å². The van der Waals surface area contributed by atoms with Gasteiger partial charge in [0.1, 0.15) is 5.82 Å². The number of carbonyl (C=O) groups excluding carboxylic acids is 1. The Morgan fingerprint density at radius 1 is 1.18 bits per heavy atom. The Kier molecular flexibility index (Phi) is 4.94. The quantitative estimate of drug-likeness (QED) is 0.657. The van der Waals surface area contributed by atoms with Gasteiger partial charge in [0.15, 0.2) is 0 Å². The third-order valence-electron chi connectivity index (χ3n) is 3.29. The third-order valence-corrected chi connectivity index (χ3v) is 3.29. The van der Waals surface area contributed by atoms with Crippen LogP contribution in [0.3, 0.4) is 0 Å². The molecule has 114 valence electrons. The van der Waals surface area contributed by atoms with Crippen LogP contribution in [0.15, 0.2) is 48.5 Å². The molecule has 2 rings (SSSR count). The van der Waals surface area contributed by atoms with Crippen molar-refractivity contribution in [1.82, 2.24) is 0 Å². The molecule has 0 aliphatic carbocycles. The van der Waals surface area contributed by atoms with E-state index in [9.17, 15) is 9.18 Å². The molecule has 22 heavy (non-hydrogen) atoms. The summed E-state index contributed by atoms with van der Waals surface area (Å²) in [5.74, 6) is -0.263. The molecule has 0 spiro atoms. The molecule has 0 fully saturated rings. The van der Waals surface area contributed by atoms with Crippen LogP contribution in [-0.2, 0) is 4.79 Å². The second-order valence-electron chi connectivity index (χ2n) is 5.38. The van der Waals surface area contributed by atoms with Crippen LogP contribution in [0.1, 0.15) is 30.9 Å². The van der Waals surface area contributed by atoms with Gasteiger partial charge >= 0.3 is 0 Å². The van der Waals surface area contributed by atoms with Crippen molar-refractivity contribution in [2.24, 2.45) is 0 Å². The molecule has 2 aromatic carbocycles. The van der Waals surface area contributed by atoms with E-state index < -0.39 is 5.82 Å². The first-order chi connectivity index (χ1) is 10.5. The molecular weight excluding hydrogens is 279 g/mol. The molecule has 0 saturated carbocycles. The molecule has 0 heterocycles. The van der Waals surface area contributed by atoms with E-state index >= 15 is 0 Å². The minimum atomic E-state index is -0.466. The zero-order valence-electron chi connectivity index (χ0n) is 12.6. The molecular formula is C18H19FN2O. The molecule has 1 amide bonds. The Hall–Kier alpha value is -2.62. The number of rotatable bonds is 4. The highest BCUT2D eigenvalue weighted by Gasteiger charge is 2.02. The van der Waals surface area contributed by atoms with E-state index in [-0.39, 0.29) is 11.6 Å². The molecule has 0 unspecified atom stereocenters. The average Bonchev–Trinajstić information content (AvgIpc) is 2.49. The molecule has 0 aliphatic rings. The van der Waals surface area contributed by atoms with E-state index in [1.807, 2.05) is 24.3 Å². The van der Waals surface area contributed by atoms with Crippen molar-refractivity contribution in [1.29, 1.82) is 0 Å². The van der Waals surface area contributed by atoms with Crippen LogP contribution in [0.4, 0.5) is 15.8 Å². The van der Waals surface area contributed by atoms with Crippen molar-refractivity contribution in [2.45, 2.75) is 19.8 Å². The number of benzene rings is 2. The van der Waals surface area contributed by atoms with Crippen molar-refractivity contribution in [3.05, 3.63) is 65.5 Å². The smallest absolute Gasteiger partial charge is 0.248 e. The molecule has 3 nitrogen and oxygen atoms in total. The van der Waals surface area contributed by atoms with Crippen LogP contribution in [0.2, 0.25) is 0 Å². The van der Waals surface area contributed by atoms with Crippen molar-refractivity contribution in [3.63, 3.8) is 0 Å². The summed E-state index contributed by atoms with van der Waals surface area (Å²) in [6, 6.07) is 12.0. The summed E-state index contributed by atoms with van der Waals surface area (Å²) < 4.78 is 13.0. The van der Waals surface area contributed by atoms with Gasteiger partial charge in [-0.2, -0.15) is 0 Å². The van der Waals surface area contributed by atoms with Gasteiger partial charge in [-0.1, -0.05) is 32.0 Å². The van der Waals surface area contributed by atoms with Crippen LogP contribution in [0.25, 0.3) is 6.08 Å². The number of nitrogen functional groups attached to an aromatic ring is 1. The molecule has 4 heteroatoms. The predicted octanol–water partition coefficient (Wildman–Crippen LogP) is 4.18. The van der Waals surface area contributed by atoms with Gasteiger partial charge in [0.05, 0.1) is 5.69 Å². The maximum atomic E-state index is 13.0. The minimum Gasteiger partial charge on any atom is -0.396 e. The summed E-state index contributed by atoms with van der Waals surface area (Å²) in [6.45, 7) is 4.23. The van der Waals surface area contributed by atoms with Gasteiger partial charge in [-0.3, -0.25) is 4.79 Å². The fraction of sp³-hybridized carbons (Fsp3) is 0.167. The number of nitrogens with two attached hydrogens (primary N) is 1. The van der Waals surface area contributed by atoms with Crippen LogP contribution in [-0.4, -0.2) is 5.91 Å². The predicted molar refractivity (Wildman–Crippen MR) is 89.0 cm³/mol. The number of hydrogen-bond donors (Lipinski definition) is 2. The lowest BCUT2D eigenvalue weighted by molar-refractivity contribution is -0.111. The topological polar surface area (TPSA) is 55.1 Å². The monoisotopic (exact) mass is 298 g/mol. The lowest BCUT2D eigenvalue weighted by Crippen LogP contribution is -2.07. The van der Waals surface area contributed by atoms with Gasteiger partial charge in [-0.15, -0.1) is 0 Å². The van der Waals surface area contributed by atoms with Gasteiger partial charge in [0.2, 0.25) is 5.91 Å². The molecule has 3 N–H and O–H groups in total. The van der Waals surface area contributed by atoms with E-state index in [2.05, 4.69) is 19.2 Å². The number of nitrogens with one attached hydrogen (secondary N) is 1. The highest BCUT2D eigenvalue weighted by atomic mass is 19.1. The fourth-order valence-corrected chi connectivity index (χ4v) is 1.97. The molecule has 0 aromatic heterocycles. The van der Waals surface area contributed by atoms with Crippen LogP contribution in [0, 0.1) is 5.82 Å². The van der Waals surface area contributed by atoms with Gasteiger partial charge in [0, 0.05) is 11.8 Å². The van der Waals surface area contributed by atoms with E-state index in [1.54, 1.807) is 12.1 Å². The molecule has 0 bridgehead atoms. The number of amides is 1. The van der Waals surface area contributed by atoms with Gasteiger partial charge in [0.25, 0.3) is 0 Å². The lowest BCUT2D eigenvalue weighted by Gasteiger charge is -2.07. The molecule has 0 saturated heterocycles. The second kappa shape index (κ2) is 6.89. The third kappa shape index (κ3) is 4.19. The largest absolute Gasteiger partial charge is 0.396 e. The summed E-state index contributed by atoms with van der Waals surface area (Å²) in [4.78, 5) is 11.9. The van der Waals surface area contributed by atoms with Gasteiger partial charge < -0.3 is 11.1 Å². The minimum absolute atomic E-state index is 0.0619. The average molecular weight is 298 g/mol. The van der Waals surface area contributed by atoms with Crippen LogP contribution in [0.5, 0.6) is 0 Å². The molecule has 0 aliphatic heterocycles. The summed E-state index contributed by atoms with van der Waals surface area (Å²) in [5, 5.41) is 2.77. The second-order valence-corrected chi connectivity index (χ2v) is 5.38. The normalized spacial score (nSPS) is 11.1. The standard InChI is InChI=1S/C18H19FN2O/c1-12(2)14-5-7-15(8-6-14)21-18(22)10-4-13-3-9-16(19)17(20)11-13/h3-12H,20H2,1-2H3,(H,21,22)/b10-4+. The highest BCUT2D eigenvalue weighted by molar-refractivity contribution is 6.01. The summed E-state index contributed by atoms with van der Waals surface area (Å²) in [6.07, 6.45) is 2.98. The van der Waals surface area contributed by atoms with E-state index in [4.69, 9.17) is 5.73 Å². The maximum absolute atomic E-state index is 13.0. The van der Waals surface area contributed by atoms with E-state index in [0.717, 1.165) is 5.69 Å². The Balaban J connectivity index is 2.00. The van der Waals surface area contributed by atoms with Crippen molar-refractivity contribution < 1.29 is 9.18 Å². The van der Waals surface area contributed by atoms with Crippen molar-refractivity contribution in [2.75, 3.05) is 11.1 Å². The summed E-state index contributed by atoms with van der Waals surface area (Å²) >= 11 is 0. The fourth-order valence-electron chi connectivity index (χ4n) is 1.97. The Labute approximate surface area is 129 Å². The Morgan fingerprint density at radius 2 is 1.86 bits per heavy atom. The molecule has 0 radical (unpaired) electrons. The lowest BCUT2D eigenvalue weighted by atomic mass is 10.0. The summed E-state index contributed by atoms with van der Waals surface area (Å²) in [5.41, 5.74) is 8.16. The van der Waals surface area contributed by atoms with Crippen LogP contribution >= 0.6 is 0 Å². The van der Waals surface area contributed by atoms with E-state index in [1.165, 1.54) is 23.8 Å². The van der Waals surface area contributed by atoms with Gasteiger partial charge in [-0.05, 0) is 47.4 Å². The van der Waals surface area contributed by atoms with Crippen LogP contribution < -0.4 is 11.1 Å².